The van der Waals surface area contributed by atoms with Gasteiger partial charge in [-0.15, -0.1) is 0 Å². The molecular formula is C21H24N2O6. The van der Waals surface area contributed by atoms with Crippen molar-refractivity contribution < 1.29 is 24.4 Å². The number of carboxylic acid groups (broad SMARTS) is 1. The van der Waals surface area contributed by atoms with Crippen LogP contribution in [0.4, 0.5) is 5.69 Å². The second kappa shape index (κ2) is 6.93. The van der Waals surface area contributed by atoms with E-state index in [0.717, 1.165) is 6.42 Å². The lowest BCUT2D eigenvalue weighted by Gasteiger charge is -2.41. The maximum Gasteiger partial charge on any atom is 0.329 e. The lowest BCUT2D eigenvalue weighted by Crippen LogP contribution is -2.57. The number of amides is 1. The molecule has 0 radical (unpaired) electrons. The molecule has 2 saturated carbocycles. The van der Waals surface area contributed by atoms with Gasteiger partial charge in [0, 0.05) is 36.3 Å². The molecule has 1 N–H and O–H groups in total. The van der Waals surface area contributed by atoms with Gasteiger partial charge in [-0.1, -0.05) is 18.6 Å². The van der Waals surface area contributed by atoms with Gasteiger partial charge < -0.3 is 10.0 Å². The van der Waals surface area contributed by atoms with E-state index in [1.54, 1.807) is 13.0 Å². The molecule has 1 aliphatic heterocycles. The number of hydrogen-bond acceptors (Lipinski definition) is 5. The van der Waals surface area contributed by atoms with Gasteiger partial charge in [0.1, 0.15) is 11.3 Å². The number of non-ortho nitro benzene ring substituents is 1. The molecule has 29 heavy (non-hydrogen) atoms. The Labute approximate surface area is 168 Å². The summed E-state index contributed by atoms with van der Waals surface area (Å²) in [7, 11) is 0. The molecule has 4 unspecified atom stereocenters. The normalized spacial score (nSPS) is 31.8. The standard InChI is InChI=1S/C21H24N2O6/c1-21(20(26)27)15-9-4-10-16(24)17(15)18(22(21)19(25)12-5-2-6-12)13-7-3-8-14(11-13)23(28)29/h3,7-8,11-12,15,17-18H,2,4-6,9-10H2,1H3,(H,26,27). The van der Waals surface area contributed by atoms with Crippen LogP contribution in [0.1, 0.15) is 57.1 Å². The predicted molar refractivity (Wildman–Crippen MR) is 102 cm³/mol. The molecule has 4 rings (SSSR count). The van der Waals surface area contributed by atoms with Gasteiger partial charge in [-0.25, -0.2) is 4.79 Å². The van der Waals surface area contributed by atoms with Crippen LogP contribution >= 0.6 is 0 Å². The summed E-state index contributed by atoms with van der Waals surface area (Å²) in [5.41, 5.74) is -1.19. The molecule has 0 bridgehead atoms. The van der Waals surface area contributed by atoms with Crippen LogP contribution in [0.2, 0.25) is 0 Å². The SMILES string of the molecule is CC1(C(=O)O)C2CCCC(=O)C2C(c2cccc([N+](=O)[O-])c2)N1C(=O)C1CCC1. The van der Waals surface area contributed by atoms with Gasteiger partial charge in [-0.3, -0.25) is 19.7 Å². The number of ketones is 1. The van der Waals surface area contributed by atoms with Crippen LogP contribution in [0, 0.1) is 27.9 Å². The quantitative estimate of drug-likeness (QED) is 0.613. The molecule has 154 valence electrons. The Kier molecular flexibility index (Phi) is 4.67. The summed E-state index contributed by atoms with van der Waals surface area (Å²) in [5, 5.41) is 21.5. The number of carbonyl (C=O) groups excluding carboxylic acids is 2. The number of carbonyl (C=O) groups is 3. The van der Waals surface area contributed by atoms with Crippen molar-refractivity contribution in [2.45, 2.75) is 57.0 Å². The van der Waals surface area contributed by atoms with Gasteiger partial charge >= 0.3 is 5.97 Å². The highest BCUT2D eigenvalue weighted by Gasteiger charge is 2.65. The first-order valence-electron chi connectivity index (χ1n) is 10.1. The van der Waals surface area contributed by atoms with E-state index in [2.05, 4.69) is 0 Å². The van der Waals surface area contributed by atoms with Crippen molar-refractivity contribution in [2.24, 2.45) is 17.8 Å². The molecule has 1 aromatic rings. The number of nitrogens with zero attached hydrogens (tertiary/aromatic N) is 2. The van der Waals surface area contributed by atoms with Crippen molar-refractivity contribution in [3.8, 4) is 0 Å². The number of nitro benzene ring substituents is 1. The van der Waals surface area contributed by atoms with E-state index in [-0.39, 0.29) is 23.3 Å². The van der Waals surface area contributed by atoms with Gasteiger partial charge in [0.05, 0.1) is 11.0 Å². The number of Topliss-reactive ketones (excluding diaryl/α,β-unsaturated/α-hetero) is 1. The molecule has 8 nitrogen and oxygen atoms in total. The Morgan fingerprint density at radius 3 is 2.55 bits per heavy atom. The second-order valence-electron chi connectivity index (χ2n) is 8.58. The molecule has 0 aromatic heterocycles. The number of hydrogen-bond donors (Lipinski definition) is 1. The van der Waals surface area contributed by atoms with Crippen LogP contribution in [-0.2, 0) is 14.4 Å². The molecular weight excluding hydrogens is 376 g/mol. The Morgan fingerprint density at radius 1 is 1.24 bits per heavy atom. The van der Waals surface area contributed by atoms with Crippen molar-refractivity contribution >= 4 is 23.3 Å². The average Bonchev–Trinajstić information content (AvgIpc) is 2.92. The third kappa shape index (κ3) is 2.84. The van der Waals surface area contributed by atoms with Crippen LogP contribution in [0.5, 0.6) is 0 Å². The maximum atomic E-state index is 13.4. The molecule has 1 amide bonds. The average molecular weight is 400 g/mol. The largest absolute Gasteiger partial charge is 0.479 e. The fourth-order valence-electron chi connectivity index (χ4n) is 5.38. The van der Waals surface area contributed by atoms with E-state index in [1.165, 1.54) is 23.1 Å². The number of nitro groups is 1. The topological polar surface area (TPSA) is 118 Å². The van der Waals surface area contributed by atoms with E-state index in [0.29, 0.717) is 37.7 Å². The third-order valence-electron chi connectivity index (χ3n) is 7.13. The number of aliphatic carboxylic acids is 1. The first kappa shape index (κ1) is 19.5. The Bertz CT molecular complexity index is 895. The summed E-state index contributed by atoms with van der Waals surface area (Å²) in [6.07, 6.45) is 3.80. The molecule has 1 aromatic carbocycles. The van der Waals surface area contributed by atoms with Gasteiger partial charge in [0.25, 0.3) is 5.69 Å². The van der Waals surface area contributed by atoms with Crippen molar-refractivity contribution in [3.05, 3.63) is 39.9 Å². The van der Waals surface area contributed by atoms with Crippen LogP contribution in [-0.4, -0.2) is 38.1 Å². The minimum atomic E-state index is -1.51. The molecule has 4 atom stereocenters. The zero-order valence-corrected chi connectivity index (χ0v) is 16.2. The fraction of sp³-hybridized carbons (Fsp3) is 0.571. The summed E-state index contributed by atoms with van der Waals surface area (Å²) in [6, 6.07) is 5.12. The van der Waals surface area contributed by atoms with Crippen LogP contribution in [0.25, 0.3) is 0 Å². The van der Waals surface area contributed by atoms with Crippen molar-refractivity contribution in [1.82, 2.24) is 4.90 Å². The molecule has 8 heteroatoms. The molecule has 3 aliphatic rings. The number of benzene rings is 1. The first-order chi connectivity index (χ1) is 13.8. The smallest absolute Gasteiger partial charge is 0.329 e. The zero-order valence-electron chi connectivity index (χ0n) is 16.2. The summed E-state index contributed by atoms with van der Waals surface area (Å²) >= 11 is 0. The molecule has 3 fully saturated rings. The molecule has 0 spiro atoms. The third-order valence-corrected chi connectivity index (χ3v) is 7.13. The Hall–Kier alpha value is -2.77. The van der Waals surface area contributed by atoms with E-state index < -0.39 is 34.3 Å². The number of fused-ring (bicyclic) bond motifs is 1. The number of carboxylic acids is 1. The first-order valence-corrected chi connectivity index (χ1v) is 10.1. The van der Waals surface area contributed by atoms with Crippen LogP contribution in [0.15, 0.2) is 24.3 Å². The lowest BCUT2D eigenvalue weighted by molar-refractivity contribution is -0.385. The van der Waals surface area contributed by atoms with Gasteiger partial charge in [-0.05, 0) is 38.2 Å². The highest BCUT2D eigenvalue weighted by atomic mass is 16.6. The van der Waals surface area contributed by atoms with Gasteiger partial charge in [-0.2, -0.15) is 0 Å². The van der Waals surface area contributed by atoms with E-state index in [1.807, 2.05) is 0 Å². The number of rotatable bonds is 4. The highest BCUT2D eigenvalue weighted by Crippen LogP contribution is 2.56. The molecule has 1 saturated heterocycles. The summed E-state index contributed by atoms with van der Waals surface area (Å²) in [6.45, 7) is 1.54. The van der Waals surface area contributed by atoms with Crippen molar-refractivity contribution in [3.63, 3.8) is 0 Å². The monoisotopic (exact) mass is 400 g/mol. The van der Waals surface area contributed by atoms with E-state index in [9.17, 15) is 29.6 Å². The number of likely N-dealkylation sites (tertiary alicyclic amines) is 1. The van der Waals surface area contributed by atoms with E-state index in [4.69, 9.17) is 0 Å². The zero-order chi connectivity index (χ0) is 20.9. The summed E-state index contributed by atoms with van der Waals surface area (Å²) in [4.78, 5) is 51.0. The maximum absolute atomic E-state index is 13.4. The lowest BCUT2D eigenvalue weighted by atomic mass is 9.70. The van der Waals surface area contributed by atoms with Gasteiger partial charge in [0.2, 0.25) is 5.91 Å². The highest BCUT2D eigenvalue weighted by molar-refractivity contribution is 5.94. The minimum Gasteiger partial charge on any atom is -0.479 e. The molecule has 1 heterocycles. The summed E-state index contributed by atoms with van der Waals surface area (Å²) in [5.74, 6) is -2.84. The summed E-state index contributed by atoms with van der Waals surface area (Å²) < 4.78 is 0. The van der Waals surface area contributed by atoms with Gasteiger partial charge in [0.15, 0.2) is 0 Å². The van der Waals surface area contributed by atoms with Crippen molar-refractivity contribution in [2.75, 3.05) is 0 Å². The minimum absolute atomic E-state index is 0.0610. The van der Waals surface area contributed by atoms with Crippen LogP contribution < -0.4 is 0 Å². The molecule has 2 aliphatic carbocycles. The Morgan fingerprint density at radius 2 is 1.97 bits per heavy atom. The second-order valence-corrected chi connectivity index (χ2v) is 8.58. The fourth-order valence-corrected chi connectivity index (χ4v) is 5.38. The van der Waals surface area contributed by atoms with E-state index >= 15 is 0 Å². The van der Waals surface area contributed by atoms with Crippen molar-refractivity contribution in [1.29, 1.82) is 0 Å². The Balaban J connectivity index is 1.89. The predicted octanol–water partition coefficient (Wildman–Crippen LogP) is 3.11. The van der Waals surface area contributed by atoms with Crippen LogP contribution in [0.3, 0.4) is 0 Å².